The number of rotatable bonds is 6. The molecule has 0 spiro atoms. The van der Waals surface area contributed by atoms with Gasteiger partial charge in [0, 0.05) is 38.4 Å². The fraction of sp³-hybridized carbons (Fsp3) is 0.500. The van der Waals surface area contributed by atoms with Crippen molar-refractivity contribution in [2.45, 2.75) is 0 Å². The third kappa shape index (κ3) is 5.02. The number of anilines is 1. The molecular weight excluding hydrogens is 292 g/mol. The molecule has 0 aromatic heterocycles. The summed E-state index contributed by atoms with van der Waals surface area (Å²) in [4.78, 5) is 14.8. The van der Waals surface area contributed by atoms with Crippen LogP contribution in [0.4, 0.5) is 5.69 Å². The summed E-state index contributed by atoms with van der Waals surface area (Å²) in [5.74, 6) is -2.16. The summed E-state index contributed by atoms with van der Waals surface area (Å²) in [6.07, 6.45) is 0. The van der Waals surface area contributed by atoms with Gasteiger partial charge in [0.05, 0.1) is 5.75 Å². The lowest BCUT2D eigenvalue weighted by atomic mass is 10.2. The van der Waals surface area contributed by atoms with Crippen molar-refractivity contribution in [3.05, 3.63) is 30.3 Å². The Kier molecular flexibility index (Phi) is 5.19. The number of piperazine rings is 1. The molecule has 0 unspecified atom stereocenters. The standard InChI is InChI=1S/C14H20N2O4S/c17-14(18)12-21(19,20)11-10-15-6-8-16(9-7-15)13-4-2-1-3-5-13/h1-5H,6-12H2,(H,17,18). The number of aliphatic carboxylic acids is 1. The van der Waals surface area contributed by atoms with Crippen LogP contribution in [0.3, 0.4) is 0 Å². The lowest BCUT2D eigenvalue weighted by Gasteiger charge is -2.36. The average molecular weight is 312 g/mol. The molecule has 1 aromatic carbocycles. The summed E-state index contributed by atoms with van der Waals surface area (Å²) >= 11 is 0. The normalized spacial score (nSPS) is 16.9. The lowest BCUT2D eigenvalue weighted by Crippen LogP contribution is -2.47. The maximum Gasteiger partial charge on any atom is 0.318 e. The predicted octanol–water partition coefficient (Wildman–Crippen LogP) is 0.308. The molecule has 1 fully saturated rings. The molecule has 0 saturated carbocycles. The Hall–Kier alpha value is -1.60. The van der Waals surface area contributed by atoms with Crippen LogP contribution in [0, 0.1) is 0 Å². The van der Waals surface area contributed by atoms with E-state index in [1.54, 1.807) is 0 Å². The van der Waals surface area contributed by atoms with Gasteiger partial charge in [0.15, 0.2) is 9.84 Å². The number of hydrogen-bond acceptors (Lipinski definition) is 5. The lowest BCUT2D eigenvalue weighted by molar-refractivity contribution is -0.134. The Morgan fingerprint density at radius 3 is 2.29 bits per heavy atom. The van der Waals surface area contributed by atoms with E-state index in [2.05, 4.69) is 21.9 Å². The van der Waals surface area contributed by atoms with Crippen LogP contribution < -0.4 is 4.90 Å². The number of carboxylic acids is 1. The number of hydrogen-bond donors (Lipinski definition) is 1. The fourth-order valence-electron chi connectivity index (χ4n) is 2.40. The van der Waals surface area contributed by atoms with Crippen molar-refractivity contribution in [2.75, 3.05) is 49.1 Å². The minimum atomic E-state index is -3.50. The van der Waals surface area contributed by atoms with E-state index >= 15 is 0 Å². The van der Waals surface area contributed by atoms with Gasteiger partial charge in [-0.05, 0) is 12.1 Å². The average Bonchev–Trinajstić information content (AvgIpc) is 2.45. The third-order valence-electron chi connectivity index (χ3n) is 3.56. The van der Waals surface area contributed by atoms with Crippen molar-refractivity contribution >= 4 is 21.5 Å². The van der Waals surface area contributed by atoms with Crippen LogP contribution in [0.15, 0.2) is 30.3 Å². The van der Waals surface area contributed by atoms with Crippen molar-refractivity contribution in [3.8, 4) is 0 Å². The third-order valence-corrected chi connectivity index (χ3v) is 5.05. The first-order valence-corrected chi connectivity index (χ1v) is 8.73. The van der Waals surface area contributed by atoms with Crippen molar-refractivity contribution in [1.82, 2.24) is 4.90 Å². The summed E-state index contributed by atoms with van der Waals surface area (Å²) in [6.45, 7) is 3.68. The van der Waals surface area contributed by atoms with E-state index in [4.69, 9.17) is 5.11 Å². The summed E-state index contributed by atoms with van der Waals surface area (Å²) in [7, 11) is -3.50. The molecule has 0 atom stereocenters. The molecule has 1 saturated heterocycles. The molecule has 0 amide bonds. The SMILES string of the molecule is O=C(O)CS(=O)(=O)CCN1CCN(c2ccccc2)CC1. The molecule has 2 rings (SSSR count). The van der Waals surface area contributed by atoms with Gasteiger partial charge in [-0.3, -0.25) is 9.69 Å². The van der Waals surface area contributed by atoms with Gasteiger partial charge in [0.1, 0.15) is 5.75 Å². The van der Waals surface area contributed by atoms with Crippen LogP contribution in [0.5, 0.6) is 0 Å². The summed E-state index contributed by atoms with van der Waals surface area (Å²) in [5.41, 5.74) is 1.18. The van der Waals surface area contributed by atoms with Gasteiger partial charge < -0.3 is 10.0 Å². The quantitative estimate of drug-likeness (QED) is 0.814. The smallest absolute Gasteiger partial charge is 0.318 e. The van der Waals surface area contributed by atoms with E-state index in [1.807, 2.05) is 18.2 Å². The topological polar surface area (TPSA) is 77.9 Å². The van der Waals surface area contributed by atoms with Crippen LogP contribution in [0.25, 0.3) is 0 Å². The Labute approximate surface area is 124 Å². The molecule has 1 aliphatic heterocycles. The fourth-order valence-corrected chi connectivity index (χ4v) is 3.45. The highest BCUT2D eigenvalue weighted by Crippen LogP contribution is 2.15. The van der Waals surface area contributed by atoms with Crippen LogP contribution in [0.1, 0.15) is 0 Å². The second kappa shape index (κ2) is 6.91. The largest absolute Gasteiger partial charge is 0.480 e. The highest BCUT2D eigenvalue weighted by atomic mass is 32.2. The first-order chi connectivity index (χ1) is 9.96. The summed E-state index contributed by atoms with van der Waals surface area (Å²) in [6, 6.07) is 10.1. The molecule has 116 valence electrons. The van der Waals surface area contributed by atoms with Crippen LogP contribution in [-0.4, -0.2) is 68.6 Å². The number of nitrogens with zero attached hydrogens (tertiary/aromatic N) is 2. The van der Waals surface area contributed by atoms with Crippen molar-refractivity contribution < 1.29 is 18.3 Å². The molecule has 21 heavy (non-hydrogen) atoms. The molecule has 1 heterocycles. The molecular formula is C14H20N2O4S. The minimum Gasteiger partial charge on any atom is -0.480 e. The Morgan fingerprint density at radius 2 is 1.71 bits per heavy atom. The monoisotopic (exact) mass is 312 g/mol. The summed E-state index contributed by atoms with van der Waals surface area (Å²) in [5, 5.41) is 8.55. The zero-order valence-corrected chi connectivity index (χ0v) is 12.6. The molecule has 7 heteroatoms. The second-order valence-electron chi connectivity index (χ2n) is 5.15. The van der Waals surface area contributed by atoms with E-state index in [0.29, 0.717) is 6.54 Å². The van der Waals surface area contributed by atoms with E-state index in [9.17, 15) is 13.2 Å². The number of para-hydroxylation sites is 1. The first kappa shape index (κ1) is 15.8. The highest BCUT2D eigenvalue weighted by molar-refractivity contribution is 7.92. The zero-order valence-electron chi connectivity index (χ0n) is 11.8. The number of sulfone groups is 1. The Bertz CT molecular complexity index is 566. The molecule has 1 aliphatic rings. The van der Waals surface area contributed by atoms with Gasteiger partial charge in [-0.15, -0.1) is 0 Å². The van der Waals surface area contributed by atoms with Gasteiger partial charge >= 0.3 is 5.97 Å². The molecule has 1 aromatic rings. The van der Waals surface area contributed by atoms with Crippen molar-refractivity contribution in [1.29, 1.82) is 0 Å². The van der Waals surface area contributed by atoms with Gasteiger partial charge in [0.2, 0.25) is 0 Å². The number of benzene rings is 1. The maximum absolute atomic E-state index is 11.6. The van der Waals surface area contributed by atoms with Crippen LogP contribution in [0.2, 0.25) is 0 Å². The second-order valence-corrected chi connectivity index (χ2v) is 7.33. The van der Waals surface area contributed by atoms with Crippen molar-refractivity contribution in [2.24, 2.45) is 0 Å². The molecule has 0 bridgehead atoms. The van der Waals surface area contributed by atoms with Gasteiger partial charge in [-0.25, -0.2) is 8.42 Å². The Balaban J connectivity index is 1.78. The molecule has 0 radical (unpaired) electrons. The predicted molar refractivity (Wildman–Crippen MR) is 81.4 cm³/mol. The van der Waals surface area contributed by atoms with Gasteiger partial charge in [-0.2, -0.15) is 0 Å². The first-order valence-electron chi connectivity index (χ1n) is 6.91. The van der Waals surface area contributed by atoms with Crippen molar-refractivity contribution in [3.63, 3.8) is 0 Å². The van der Waals surface area contributed by atoms with E-state index in [0.717, 1.165) is 26.2 Å². The zero-order chi connectivity index (χ0) is 15.3. The highest BCUT2D eigenvalue weighted by Gasteiger charge is 2.21. The molecule has 0 aliphatic carbocycles. The van der Waals surface area contributed by atoms with E-state index < -0.39 is 21.6 Å². The summed E-state index contributed by atoms with van der Waals surface area (Å²) < 4.78 is 23.1. The van der Waals surface area contributed by atoms with Gasteiger partial charge in [0.25, 0.3) is 0 Å². The van der Waals surface area contributed by atoms with Gasteiger partial charge in [-0.1, -0.05) is 18.2 Å². The van der Waals surface area contributed by atoms with E-state index in [1.165, 1.54) is 5.69 Å². The molecule has 6 nitrogen and oxygen atoms in total. The van der Waals surface area contributed by atoms with Crippen LogP contribution in [-0.2, 0) is 14.6 Å². The molecule has 1 N–H and O–H groups in total. The number of carboxylic acid groups (broad SMARTS) is 1. The Morgan fingerprint density at radius 1 is 1.10 bits per heavy atom. The minimum absolute atomic E-state index is 0.0926. The maximum atomic E-state index is 11.6. The van der Waals surface area contributed by atoms with Crippen LogP contribution >= 0.6 is 0 Å². The van der Waals surface area contributed by atoms with E-state index in [-0.39, 0.29) is 5.75 Å². The number of carbonyl (C=O) groups is 1.